The minimum Gasteiger partial charge on any atom is -0.397 e. The maximum Gasteiger partial charge on any atom is 0.426 e. The van der Waals surface area contributed by atoms with Crippen LogP contribution in [0.4, 0.5) is 79.0 Å². The molecule has 0 radical (unpaired) electrons. The number of alkyl halides is 18. The summed E-state index contributed by atoms with van der Waals surface area (Å²) in [5, 5.41) is 9.26. The van der Waals surface area contributed by atoms with Gasteiger partial charge in [-0.3, -0.25) is 0 Å². The van der Waals surface area contributed by atoms with E-state index in [1.54, 1.807) is 6.08 Å². The fraction of sp³-hybridized carbons (Fsp3) is 0.846. The van der Waals surface area contributed by atoms with Crippen molar-refractivity contribution in [2.75, 3.05) is 0 Å². The number of halogens is 18. The normalized spacial score (nSPS) is 31.2. The van der Waals surface area contributed by atoms with E-state index in [9.17, 15) is 84.1 Å². The van der Waals surface area contributed by atoms with Gasteiger partial charge in [0, 0.05) is 11.8 Å². The summed E-state index contributed by atoms with van der Waals surface area (Å²) in [6.45, 7) is 1.87. The van der Waals surface area contributed by atoms with E-state index in [4.69, 9.17) is 4.43 Å². The van der Waals surface area contributed by atoms with Gasteiger partial charge in [0.2, 0.25) is 0 Å². The lowest BCUT2D eigenvalue weighted by Gasteiger charge is -2.48. The van der Waals surface area contributed by atoms with E-state index in [-0.39, 0.29) is 5.92 Å². The number of hydrogen-bond acceptors (Lipinski definition) is 2. The van der Waals surface area contributed by atoms with Crippen LogP contribution in [0, 0.1) is 47.3 Å². The molecule has 4 bridgehead atoms. The molecule has 0 heterocycles. The van der Waals surface area contributed by atoms with E-state index in [1.165, 1.54) is 32.6 Å². The van der Waals surface area contributed by atoms with Gasteiger partial charge >= 0.3 is 37.6 Å². The lowest BCUT2D eigenvalue weighted by atomic mass is 9.71. The maximum absolute atomic E-state index is 13.7. The van der Waals surface area contributed by atoms with Crippen LogP contribution in [0.1, 0.15) is 19.8 Å². The Morgan fingerprint density at radius 2 is 0.894 bits per heavy atom. The summed E-state index contributed by atoms with van der Waals surface area (Å²) < 4.78 is 231. The van der Waals surface area contributed by atoms with Crippen LogP contribution in [0.5, 0.6) is 0 Å². The van der Waals surface area contributed by atoms with E-state index in [2.05, 4.69) is 0 Å². The quantitative estimate of drug-likeness (QED) is 0.177. The van der Waals surface area contributed by atoms with Crippen molar-refractivity contribution in [3.63, 3.8) is 0 Å². The molecule has 0 saturated heterocycles. The topological polar surface area (TPSA) is 29.5 Å². The van der Waals surface area contributed by atoms with Crippen molar-refractivity contribution >= 4 is 8.32 Å². The molecule has 8 atom stereocenters. The zero-order valence-corrected chi connectivity index (χ0v) is 25.6. The predicted molar refractivity (Wildman–Crippen MR) is 131 cm³/mol. The molecule has 47 heavy (non-hydrogen) atoms. The van der Waals surface area contributed by atoms with Gasteiger partial charge in [-0.05, 0) is 62.1 Å². The molecule has 0 aromatic heterocycles. The molecule has 0 aromatic rings. The summed E-state index contributed by atoms with van der Waals surface area (Å²) >= 11 is 0. The first-order valence-corrected chi connectivity index (χ1v) is 17.1. The summed E-state index contributed by atoms with van der Waals surface area (Å²) in [7, 11) is -3.10. The summed E-state index contributed by atoms with van der Waals surface area (Å²) in [5.74, 6) is -12.3. The molecule has 21 heteroatoms. The molecule has 4 aliphatic rings. The molecule has 0 amide bonds. The molecule has 8 unspecified atom stereocenters. The first-order valence-electron chi connectivity index (χ1n) is 13.7. The third-order valence-electron chi connectivity index (χ3n) is 8.82. The Bertz CT molecular complexity index is 1100. The largest absolute Gasteiger partial charge is 0.426 e. The van der Waals surface area contributed by atoms with E-state index in [0.29, 0.717) is 6.42 Å². The number of allylic oxidation sites excluding steroid dienone is 4. The highest BCUT2D eigenvalue weighted by Crippen LogP contribution is 2.64. The minimum atomic E-state index is -6.25. The molecule has 2 saturated carbocycles. The Morgan fingerprint density at radius 3 is 1.17 bits per heavy atom. The van der Waals surface area contributed by atoms with Crippen molar-refractivity contribution in [1.29, 1.82) is 0 Å². The average molecular weight is 745 g/mol. The molecular formula is C26H30F18O2Si. The Morgan fingerprint density at radius 1 is 0.574 bits per heavy atom. The third kappa shape index (κ3) is 7.90. The van der Waals surface area contributed by atoms with Crippen LogP contribution in [0.15, 0.2) is 24.3 Å². The van der Waals surface area contributed by atoms with E-state index >= 15 is 0 Å². The predicted octanol–water partition coefficient (Wildman–Crippen LogP) is 10.2. The fourth-order valence-electron chi connectivity index (χ4n) is 7.32. The van der Waals surface area contributed by atoms with Gasteiger partial charge in [0.05, 0.1) is 5.92 Å². The molecule has 4 rings (SSSR count). The molecule has 0 spiro atoms. The van der Waals surface area contributed by atoms with Crippen molar-refractivity contribution in [2.45, 2.75) is 88.2 Å². The third-order valence-corrected chi connectivity index (χ3v) is 9.75. The fourth-order valence-corrected chi connectivity index (χ4v) is 8.66. The van der Waals surface area contributed by atoms with Gasteiger partial charge in [0.25, 0.3) is 11.2 Å². The van der Waals surface area contributed by atoms with Gasteiger partial charge in [-0.1, -0.05) is 31.2 Å². The van der Waals surface area contributed by atoms with Gasteiger partial charge < -0.3 is 9.53 Å². The standard InChI is InChI=1S/C14H20F6OSi.C11H9F9O.CHF3/c1-8-9-5-6-10(7-9)11(8)12(13(15,16)17,14(18,19)20)21-22(2,3)4;12-9(13,14)7-5-2-1-4(3-5)6(7)8(21,10(15,16)17)11(18,19)20;2-1(3)4/h5-6,8-11H,7H2,1-4H3;1-2,4-7,21H,3H2;1H. The minimum absolute atomic E-state index is 0.232. The van der Waals surface area contributed by atoms with Crippen molar-refractivity contribution in [3.8, 4) is 0 Å². The Kier molecular flexibility index (Phi) is 11.4. The van der Waals surface area contributed by atoms with Crippen LogP contribution in [0.2, 0.25) is 19.6 Å². The molecule has 0 aromatic carbocycles. The lowest BCUT2D eigenvalue weighted by molar-refractivity contribution is -0.398. The first-order chi connectivity index (χ1) is 20.6. The molecule has 276 valence electrons. The van der Waals surface area contributed by atoms with Gasteiger partial charge in [-0.15, -0.1) is 0 Å². The highest BCUT2D eigenvalue weighted by Gasteiger charge is 2.80. The van der Waals surface area contributed by atoms with Gasteiger partial charge in [-0.2, -0.15) is 79.0 Å². The van der Waals surface area contributed by atoms with Crippen LogP contribution in [-0.4, -0.2) is 62.2 Å². The van der Waals surface area contributed by atoms with Gasteiger partial charge in [0.15, 0.2) is 8.32 Å². The molecule has 2 nitrogen and oxygen atoms in total. The summed E-state index contributed by atoms with van der Waals surface area (Å²) in [4.78, 5) is 0. The number of rotatable bonds is 4. The van der Waals surface area contributed by atoms with E-state index in [0.717, 1.165) is 12.2 Å². The monoisotopic (exact) mass is 744 g/mol. The van der Waals surface area contributed by atoms with E-state index in [1.807, 2.05) is 0 Å². The SMILES string of the molecule is CC1C2C=CC(C2)C1C(O[Si](C)(C)C)(C(F)(F)F)C(F)(F)F.FC(F)F.OC(C1C2C=CC(C2)C1C(F)(F)F)(C(F)(F)F)C(F)(F)F. The second-order valence-corrected chi connectivity index (χ2v) is 17.3. The number of fused-ring (bicyclic) bond motifs is 4. The number of aliphatic hydroxyl groups is 1. The molecule has 2 fully saturated rings. The summed E-state index contributed by atoms with van der Waals surface area (Å²) in [6.07, 6.45) is -23.8. The Balaban J connectivity index is 0.000000294. The zero-order chi connectivity index (χ0) is 37.1. The maximum atomic E-state index is 13.7. The van der Waals surface area contributed by atoms with Crippen molar-refractivity contribution in [3.05, 3.63) is 24.3 Å². The lowest BCUT2D eigenvalue weighted by Crippen LogP contribution is -2.68. The van der Waals surface area contributed by atoms with Crippen LogP contribution < -0.4 is 0 Å². The van der Waals surface area contributed by atoms with Crippen molar-refractivity contribution in [2.24, 2.45) is 47.3 Å². The second kappa shape index (κ2) is 12.9. The van der Waals surface area contributed by atoms with Crippen LogP contribution in [-0.2, 0) is 4.43 Å². The van der Waals surface area contributed by atoms with Crippen LogP contribution in [0.25, 0.3) is 0 Å². The van der Waals surface area contributed by atoms with Gasteiger partial charge in [0.1, 0.15) is 0 Å². The van der Waals surface area contributed by atoms with Crippen molar-refractivity contribution < 1.29 is 88.6 Å². The molecule has 1 N–H and O–H groups in total. The Hall–Kier alpha value is -1.64. The van der Waals surface area contributed by atoms with Gasteiger partial charge in [-0.25, -0.2) is 0 Å². The molecule has 0 aliphatic heterocycles. The van der Waals surface area contributed by atoms with Crippen LogP contribution >= 0.6 is 0 Å². The summed E-state index contributed by atoms with van der Waals surface area (Å²) in [5.41, 5.74) is -9.46. The molecular weight excluding hydrogens is 714 g/mol. The smallest absolute Gasteiger partial charge is 0.397 e. The zero-order valence-electron chi connectivity index (χ0n) is 24.6. The molecule has 4 aliphatic carbocycles. The van der Waals surface area contributed by atoms with Crippen molar-refractivity contribution in [1.82, 2.24) is 0 Å². The van der Waals surface area contributed by atoms with E-state index < -0.39 is 105 Å². The first kappa shape index (κ1) is 41.5. The second-order valence-electron chi connectivity index (χ2n) is 12.8. The average Bonchev–Trinajstić information content (AvgIpc) is 3.59. The highest BCUT2D eigenvalue weighted by molar-refractivity contribution is 6.69. The number of hydrogen-bond donors (Lipinski definition) is 1. The summed E-state index contributed by atoms with van der Waals surface area (Å²) in [6, 6.07) is 0. The van der Waals surface area contributed by atoms with Crippen LogP contribution in [0.3, 0.4) is 0 Å². The highest BCUT2D eigenvalue weighted by atomic mass is 28.4. The Labute approximate surface area is 257 Å².